The number of amides is 1. The Morgan fingerprint density at radius 3 is 2.35 bits per heavy atom. The van der Waals surface area contributed by atoms with Gasteiger partial charge in [0.05, 0.1) is 10.0 Å². The zero-order valence-electron chi connectivity index (χ0n) is 17.7. The highest BCUT2D eigenvalue weighted by atomic mass is 35.5. The summed E-state index contributed by atoms with van der Waals surface area (Å²) in [5.74, 6) is 0.650. The first-order valence-corrected chi connectivity index (χ1v) is 10.3. The van der Waals surface area contributed by atoms with Crippen molar-refractivity contribution in [3.8, 4) is 0 Å². The van der Waals surface area contributed by atoms with Crippen LogP contribution in [0.15, 0.2) is 22.8 Å². The third kappa shape index (κ3) is 6.08. The number of rotatable bonds is 6. The predicted octanol–water partition coefficient (Wildman–Crippen LogP) is 5.28. The summed E-state index contributed by atoms with van der Waals surface area (Å²) in [4.78, 5) is 21.5. The molecule has 0 atom stereocenters. The fourth-order valence-electron chi connectivity index (χ4n) is 2.49. The van der Waals surface area contributed by atoms with E-state index in [1.54, 1.807) is 39.0 Å². The Kier molecular flexibility index (Phi) is 6.71. The SMILES string of the molecule is CC(C)CN(Nc1nc2nonc2nc1Nc1ccc(Cl)c(Cl)c1)C(=O)OC(C)(C)C. The number of hydrazine groups is 1. The number of nitrogens with zero attached hydrogens (tertiary/aromatic N) is 5. The zero-order valence-corrected chi connectivity index (χ0v) is 19.2. The molecule has 0 aliphatic rings. The maximum absolute atomic E-state index is 12.8. The van der Waals surface area contributed by atoms with Crippen molar-refractivity contribution < 1.29 is 14.2 Å². The minimum absolute atomic E-state index is 0.150. The standard InChI is InChI=1S/C19H23Cl2N7O3/c1-10(2)9-28(18(29)30-19(3,4)5)25-15-14(23-16-17(24-15)27-31-26-16)22-11-6-7-12(20)13(21)8-11/h6-8,10H,9H2,1-5H3,(H,22,23,26)(H,24,25,27). The minimum atomic E-state index is -0.666. The van der Waals surface area contributed by atoms with Crippen molar-refractivity contribution in [3.05, 3.63) is 28.2 Å². The van der Waals surface area contributed by atoms with Crippen LogP contribution < -0.4 is 10.7 Å². The number of hydrogen-bond donors (Lipinski definition) is 2. The average molecular weight is 468 g/mol. The second-order valence-corrected chi connectivity index (χ2v) is 9.00. The Hall–Kier alpha value is -2.85. The Morgan fingerprint density at radius 1 is 1.13 bits per heavy atom. The summed E-state index contributed by atoms with van der Waals surface area (Å²) >= 11 is 12.1. The largest absolute Gasteiger partial charge is 0.442 e. The molecule has 0 unspecified atom stereocenters. The lowest BCUT2D eigenvalue weighted by atomic mass is 10.2. The van der Waals surface area contributed by atoms with Gasteiger partial charge in [-0.15, -0.1) is 0 Å². The topological polar surface area (TPSA) is 118 Å². The van der Waals surface area contributed by atoms with Gasteiger partial charge >= 0.3 is 6.09 Å². The number of fused-ring (bicyclic) bond motifs is 1. The molecule has 0 saturated carbocycles. The van der Waals surface area contributed by atoms with Gasteiger partial charge in [-0.2, -0.15) is 4.98 Å². The van der Waals surface area contributed by atoms with E-state index in [-0.39, 0.29) is 28.8 Å². The molecule has 12 heteroatoms. The summed E-state index contributed by atoms with van der Waals surface area (Å²) < 4.78 is 10.2. The van der Waals surface area contributed by atoms with Crippen LogP contribution >= 0.6 is 23.2 Å². The molecule has 0 fully saturated rings. The van der Waals surface area contributed by atoms with Gasteiger partial charge in [-0.05, 0) is 55.2 Å². The third-order valence-corrected chi connectivity index (χ3v) is 4.44. The molecule has 2 heterocycles. The van der Waals surface area contributed by atoms with Gasteiger partial charge in [0.1, 0.15) is 5.60 Å². The Morgan fingerprint density at radius 2 is 1.77 bits per heavy atom. The highest BCUT2D eigenvalue weighted by molar-refractivity contribution is 6.42. The molecule has 2 aromatic heterocycles. The first-order valence-electron chi connectivity index (χ1n) is 9.51. The van der Waals surface area contributed by atoms with E-state index >= 15 is 0 Å². The lowest BCUT2D eigenvalue weighted by Crippen LogP contribution is -2.42. The normalized spacial score (nSPS) is 11.6. The van der Waals surface area contributed by atoms with Crippen LogP contribution in [0.1, 0.15) is 34.6 Å². The highest BCUT2D eigenvalue weighted by Gasteiger charge is 2.25. The van der Waals surface area contributed by atoms with Crippen molar-refractivity contribution >= 4 is 57.9 Å². The van der Waals surface area contributed by atoms with Crippen molar-refractivity contribution in [1.29, 1.82) is 0 Å². The number of ether oxygens (including phenoxy) is 1. The molecule has 0 aliphatic heterocycles. The van der Waals surface area contributed by atoms with Crippen molar-refractivity contribution in [2.45, 2.75) is 40.2 Å². The first-order chi connectivity index (χ1) is 14.5. The van der Waals surface area contributed by atoms with Crippen LogP contribution in [-0.2, 0) is 4.74 Å². The molecule has 0 aliphatic carbocycles. The molecule has 31 heavy (non-hydrogen) atoms. The summed E-state index contributed by atoms with van der Waals surface area (Å²) in [7, 11) is 0. The molecule has 3 aromatic rings. The monoisotopic (exact) mass is 467 g/mol. The van der Waals surface area contributed by atoms with Crippen LogP contribution in [0.5, 0.6) is 0 Å². The van der Waals surface area contributed by atoms with E-state index in [0.717, 1.165) is 0 Å². The van der Waals surface area contributed by atoms with Crippen LogP contribution in [-0.4, -0.2) is 43.5 Å². The first kappa shape index (κ1) is 22.8. The smallest absolute Gasteiger partial charge is 0.429 e. The molecule has 2 N–H and O–H groups in total. The fourth-order valence-corrected chi connectivity index (χ4v) is 2.79. The van der Waals surface area contributed by atoms with Gasteiger partial charge in [-0.3, -0.25) is 5.43 Å². The Balaban J connectivity index is 1.96. The summed E-state index contributed by atoms with van der Waals surface area (Å²) in [6, 6.07) is 5.01. The second kappa shape index (κ2) is 9.11. The maximum atomic E-state index is 12.8. The molecule has 3 rings (SSSR count). The van der Waals surface area contributed by atoms with Gasteiger partial charge in [0.15, 0.2) is 11.6 Å². The van der Waals surface area contributed by atoms with Gasteiger partial charge in [0.2, 0.25) is 11.3 Å². The number of aromatic nitrogens is 4. The molecule has 1 amide bonds. The van der Waals surface area contributed by atoms with Gasteiger partial charge in [0.25, 0.3) is 0 Å². The van der Waals surface area contributed by atoms with Crippen molar-refractivity contribution in [1.82, 2.24) is 25.3 Å². The average Bonchev–Trinajstić information content (AvgIpc) is 3.09. The number of nitrogens with one attached hydrogen (secondary N) is 2. The van der Waals surface area contributed by atoms with Gasteiger partial charge in [-0.1, -0.05) is 37.0 Å². The van der Waals surface area contributed by atoms with Gasteiger partial charge < -0.3 is 10.1 Å². The zero-order chi connectivity index (χ0) is 22.8. The molecular formula is C19H23Cl2N7O3. The number of carbonyl (C=O) groups is 1. The molecule has 0 saturated heterocycles. The molecule has 10 nitrogen and oxygen atoms in total. The maximum Gasteiger partial charge on any atom is 0.429 e. The van der Waals surface area contributed by atoms with Crippen LogP contribution in [0.3, 0.4) is 0 Å². The quantitative estimate of drug-likeness (QED) is 0.466. The van der Waals surface area contributed by atoms with E-state index in [1.165, 1.54) is 5.01 Å². The highest BCUT2D eigenvalue weighted by Crippen LogP contribution is 2.29. The van der Waals surface area contributed by atoms with E-state index in [1.807, 2.05) is 13.8 Å². The number of anilines is 3. The van der Waals surface area contributed by atoms with E-state index in [4.69, 9.17) is 32.6 Å². The third-order valence-electron chi connectivity index (χ3n) is 3.70. The molecule has 1 aromatic carbocycles. The predicted molar refractivity (Wildman–Crippen MR) is 119 cm³/mol. The molecule has 0 spiro atoms. The summed E-state index contributed by atoms with van der Waals surface area (Å²) in [5, 5.41) is 12.7. The van der Waals surface area contributed by atoms with Crippen molar-refractivity contribution in [2.24, 2.45) is 5.92 Å². The van der Waals surface area contributed by atoms with E-state index in [0.29, 0.717) is 22.3 Å². The second-order valence-electron chi connectivity index (χ2n) is 8.18. The lowest BCUT2D eigenvalue weighted by Gasteiger charge is -2.29. The van der Waals surface area contributed by atoms with Crippen LogP contribution in [0, 0.1) is 5.92 Å². The summed E-state index contributed by atoms with van der Waals surface area (Å²) in [6.07, 6.45) is -0.554. The van der Waals surface area contributed by atoms with Gasteiger partial charge in [-0.25, -0.2) is 19.4 Å². The number of hydrogen-bond acceptors (Lipinski definition) is 9. The molecule has 166 valence electrons. The molecule has 0 bridgehead atoms. The number of halogens is 2. The lowest BCUT2D eigenvalue weighted by molar-refractivity contribution is 0.0277. The van der Waals surface area contributed by atoms with E-state index in [9.17, 15) is 4.79 Å². The minimum Gasteiger partial charge on any atom is -0.442 e. The Labute approximate surface area is 189 Å². The molecule has 0 radical (unpaired) electrons. The van der Waals surface area contributed by atoms with Crippen molar-refractivity contribution in [3.63, 3.8) is 0 Å². The summed E-state index contributed by atoms with van der Waals surface area (Å²) in [5.41, 5.74) is 3.30. The van der Waals surface area contributed by atoms with Crippen LogP contribution in [0.2, 0.25) is 10.0 Å². The molecular weight excluding hydrogens is 445 g/mol. The van der Waals surface area contributed by atoms with Crippen LogP contribution in [0.25, 0.3) is 11.3 Å². The fraction of sp³-hybridized carbons (Fsp3) is 0.421. The number of carbonyl (C=O) groups excluding carboxylic acids is 1. The van der Waals surface area contributed by atoms with Gasteiger partial charge in [0, 0.05) is 12.2 Å². The van der Waals surface area contributed by atoms with E-state index in [2.05, 4.69) is 31.0 Å². The van der Waals surface area contributed by atoms with Crippen LogP contribution in [0.4, 0.5) is 22.1 Å². The number of benzene rings is 1. The Bertz CT molecular complexity index is 1080. The summed E-state index contributed by atoms with van der Waals surface area (Å²) in [6.45, 7) is 9.69. The van der Waals surface area contributed by atoms with Crippen molar-refractivity contribution in [2.75, 3.05) is 17.3 Å². The van der Waals surface area contributed by atoms with E-state index < -0.39 is 11.7 Å².